The fraction of sp³-hybridized carbons (Fsp3) is 0.407. The molecule has 4 heterocycles. The van der Waals surface area contributed by atoms with Gasteiger partial charge in [-0.3, -0.25) is 4.79 Å². The molecule has 5 rings (SSSR count). The highest BCUT2D eigenvalue weighted by atomic mass is 16.5. The van der Waals surface area contributed by atoms with Gasteiger partial charge in [-0.05, 0) is 47.6 Å². The van der Waals surface area contributed by atoms with Gasteiger partial charge in [-0.25, -0.2) is 4.98 Å². The molecule has 2 aromatic heterocycles. The van der Waals surface area contributed by atoms with Gasteiger partial charge in [-0.1, -0.05) is 18.1 Å². The van der Waals surface area contributed by atoms with E-state index in [1.807, 2.05) is 6.20 Å². The number of carbonyl (C=O) groups excluding carboxylic acids is 1. The summed E-state index contributed by atoms with van der Waals surface area (Å²) in [6.45, 7) is 3.90. The Kier molecular flexibility index (Phi) is 6.63. The van der Waals surface area contributed by atoms with E-state index in [1.54, 1.807) is 20.3 Å². The Labute approximate surface area is 199 Å². The predicted molar refractivity (Wildman–Crippen MR) is 131 cm³/mol. The molecule has 2 fully saturated rings. The second-order valence-electron chi connectivity index (χ2n) is 9.08. The number of morpholine rings is 1. The average molecular weight is 459 g/mol. The number of benzene rings is 1. The van der Waals surface area contributed by atoms with E-state index in [1.165, 1.54) is 16.0 Å². The minimum Gasteiger partial charge on any atom is -0.381 e. The lowest BCUT2D eigenvalue weighted by Gasteiger charge is -2.30. The van der Waals surface area contributed by atoms with Crippen molar-refractivity contribution in [2.75, 3.05) is 47.1 Å². The van der Waals surface area contributed by atoms with Gasteiger partial charge in [0.15, 0.2) is 0 Å². The average Bonchev–Trinajstić information content (AvgIpc) is 3.30. The fourth-order valence-corrected chi connectivity index (χ4v) is 4.70. The summed E-state index contributed by atoms with van der Waals surface area (Å²) in [6, 6.07) is 9.02. The van der Waals surface area contributed by atoms with E-state index >= 15 is 0 Å². The van der Waals surface area contributed by atoms with Crippen LogP contribution in [-0.2, 0) is 14.3 Å². The number of fused-ring (bicyclic) bond motifs is 1. The third-order valence-electron chi connectivity index (χ3n) is 6.62. The van der Waals surface area contributed by atoms with Gasteiger partial charge in [-0.2, -0.15) is 0 Å². The lowest BCUT2D eigenvalue weighted by Crippen LogP contribution is -2.35. The Morgan fingerprint density at radius 1 is 1.09 bits per heavy atom. The number of nitrogens with one attached hydrogen (secondary N) is 2. The van der Waals surface area contributed by atoms with Gasteiger partial charge >= 0.3 is 0 Å². The first kappa shape index (κ1) is 22.6. The van der Waals surface area contributed by atoms with E-state index < -0.39 is 0 Å². The van der Waals surface area contributed by atoms with Crippen molar-refractivity contribution in [2.45, 2.75) is 24.8 Å². The van der Waals surface area contributed by atoms with Crippen LogP contribution in [0.15, 0.2) is 36.7 Å². The molecule has 1 aromatic carbocycles. The molecule has 176 valence electrons. The van der Waals surface area contributed by atoms with Crippen molar-refractivity contribution in [3.8, 4) is 23.0 Å². The van der Waals surface area contributed by atoms with Crippen molar-refractivity contribution in [1.82, 2.24) is 20.2 Å². The number of aromatic nitrogens is 2. The maximum atomic E-state index is 11.9. The maximum Gasteiger partial charge on any atom is 0.298 e. The zero-order chi connectivity index (χ0) is 23.5. The number of carbonyl (C=O) groups is 1. The number of ether oxygens (including phenoxy) is 2. The molecule has 7 heteroatoms. The van der Waals surface area contributed by atoms with Gasteiger partial charge in [0.2, 0.25) is 0 Å². The third-order valence-corrected chi connectivity index (χ3v) is 6.62. The molecule has 0 radical (unpaired) electrons. The first-order valence-electron chi connectivity index (χ1n) is 11.8. The summed E-state index contributed by atoms with van der Waals surface area (Å²) >= 11 is 0. The number of hydrogen-bond donors (Lipinski definition) is 2. The number of hydrogen-bond acceptors (Lipinski definition) is 5. The van der Waals surface area contributed by atoms with Crippen molar-refractivity contribution in [3.05, 3.63) is 53.3 Å². The number of nitrogens with zero attached hydrogens (tertiary/aromatic N) is 2. The number of pyridine rings is 1. The van der Waals surface area contributed by atoms with Gasteiger partial charge in [0, 0.05) is 63.1 Å². The number of amides is 1. The highest BCUT2D eigenvalue weighted by molar-refractivity contribution is 5.95. The molecule has 2 saturated heterocycles. The summed E-state index contributed by atoms with van der Waals surface area (Å²) in [6.07, 6.45) is 5.79. The quantitative estimate of drug-likeness (QED) is 0.589. The van der Waals surface area contributed by atoms with Crippen LogP contribution in [0.25, 0.3) is 22.2 Å². The van der Waals surface area contributed by atoms with Crippen molar-refractivity contribution in [3.63, 3.8) is 0 Å². The summed E-state index contributed by atoms with van der Waals surface area (Å²) in [5.41, 5.74) is 6.34. The van der Waals surface area contributed by atoms with E-state index in [0.29, 0.717) is 12.5 Å². The highest BCUT2D eigenvalue weighted by Gasteiger charge is 2.25. The minimum atomic E-state index is -0.228. The molecule has 0 bridgehead atoms. The molecule has 0 saturated carbocycles. The molecular weight excluding hydrogens is 428 g/mol. The fourth-order valence-electron chi connectivity index (χ4n) is 4.70. The Balaban J connectivity index is 1.53. The summed E-state index contributed by atoms with van der Waals surface area (Å²) in [7, 11) is 3.39. The van der Waals surface area contributed by atoms with Crippen LogP contribution < -0.4 is 5.32 Å². The van der Waals surface area contributed by atoms with Crippen LogP contribution in [0.4, 0.5) is 0 Å². The molecule has 2 aliphatic rings. The minimum absolute atomic E-state index is 0.175. The predicted octanol–water partition coefficient (Wildman–Crippen LogP) is 3.22. The summed E-state index contributed by atoms with van der Waals surface area (Å²) in [5, 5.41) is 4.54. The van der Waals surface area contributed by atoms with E-state index in [2.05, 4.69) is 51.4 Å². The molecule has 1 unspecified atom stereocenters. The third kappa shape index (κ3) is 4.71. The van der Waals surface area contributed by atoms with E-state index in [0.717, 1.165) is 66.9 Å². The smallest absolute Gasteiger partial charge is 0.298 e. The Bertz CT molecular complexity index is 1240. The molecule has 34 heavy (non-hydrogen) atoms. The van der Waals surface area contributed by atoms with E-state index in [-0.39, 0.29) is 11.9 Å². The largest absolute Gasteiger partial charge is 0.381 e. The molecule has 2 aliphatic heterocycles. The molecule has 3 aromatic rings. The maximum absolute atomic E-state index is 11.9. The van der Waals surface area contributed by atoms with Crippen LogP contribution in [0.3, 0.4) is 0 Å². The Hall–Kier alpha value is -3.18. The highest BCUT2D eigenvalue weighted by Crippen LogP contribution is 2.36. The van der Waals surface area contributed by atoms with Crippen LogP contribution in [0.2, 0.25) is 0 Å². The summed E-state index contributed by atoms with van der Waals surface area (Å²) in [5.74, 6) is 5.96. The molecule has 2 N–H and O–H groups in total. The van der Waals surface area contributed by atoms with Gasteiger partial charge in [0.05, 0.1) is 24.8 Å². The molecule has 1 atom stereocenters. The lowest BCUT2D eigenvalue weighted by atomic mass is 9.84. The lowest BCUT2D eigenvalue weighted by molar-refractivity contribution is -0.122. The monoisotopic (exact) mass is 458 g/mol. The van der Waals surface area contributed by atoms with Crippen molar-refractivity contribution in [1.29, 1.82) is 0 Å². The second-order valence-corrected chi connectivity index (χ2v) is 9.08. The van der Waals surface area contributed by atoms with Gasteiger partial charge in [-0.15, -0.1) is 0 Å². The molecular formula is C27H30N4O3. The number of H-pyrrole nitrogens is 1. The van der Waals surface area contributed by atoms with E-state index in [4.69, 9.17) is 9.47 Å². The normalized spacial score (nSPS) is 18.9. The van der Waals surface area contributed by atoms with Crippen molar-refractivity contribution >= 4 is 16.9 Å². The second kappa shape index (κ2) is 9.98. The zero-order valence-corrected chi connectivity index (χ0v) is 19.7. The van der Waals surface area contributed by atoms with E-state index in [9.17, 15) is 4.79 Å². The van der Waals surface area contributed by atoms with Crippen LogP contribution in [0.5, 0.6) is 0 Å². The molecule has 1 amide bonds. The van der Waals surface area contributed by atoms with Crippen molar-refractivity contribution < 1.29 is 14.3 Å². The summed E-state index contributed by atoms with van der Waals surface area (Å²) < 4.78 is 11.4. The van der Waals surface area contributed by atoms with Gasteiger partial charge in [0.25, 0.3) is 5.91 Å². The molecule has 0 spiro atoms. The Morgan fingerprint density at radius 3 is 2.71 bits per heavy atom. The zero-order valence-electron chi connectivity index (χ0n) is 19.7. The van der Waals surface area contributed by atoms with Crippen LogP contribution in [0.1, 0.15) is 41.5 Å². The first-order chi connectivity index (χ1) is 16.6. The Morgan fingerprint density at radius 2 is 1.94 bits per heavy atom. The molecule has 0 aliphatic carbocycles. The topological polar surface area (TPSA) is 79.5 Å². The van der Waals surface area contributed by atoms with Gasteiger partial charge < -0.3 is 24.7 Å². The first-order valence-corrected chi connectivity index (χ1v) is 11.8. The number of rotatable bonds is 3. The SMILES string of the molecule is CN(C)C(=O)C#Cc1c[nH]c2ncc(-c3ccc(C4CCOCC4)c(C4COCCN4)c3)cc12. The van der Waals surface area contributed by atoms with Gasteiger partial charge in [0.1, 0.15) is 5.65 Å². The van der Waals surface area contributed by atoms with Crippen LogP contribution >= 0.6 is 0 Å². The standard InChI is InChI=1S/C27H30N4O3/c1-31(2)26(32)6-4-20-15-29-27-23(20)14-21(16-30-27)19-3-5-22(18-7-10-33-11-8-18)24(13-19)25-17-34-12-9-28-25/h3,5,13-16,18,25,28H,7-12,17H2,1-2H3,(H,29,30). The molecule has 7 nitrogen and oxygen atoms in total. The summed E-state index contributed by atoms with van der Waals surface area (Å²) in [4.78, 5) is 21.2. The van der Waals surface area contributed by atoms with Crippen LogP contribution in [-0.4, -0.2) is 67.8 Å². The van der Waals surface area contributed by atoms with Crippen LogP contribution in [0, 0.1) is 11.8 Å². The number of aromatic amines is 1. The van der Waals surface area contributed by atoms with Crippen molar-refractivity contribution in [2.24, 2.45) is 0 Å².